The third-order valence-corrected chi connectivity index (χ3v) is 4.63. The zero-order chi connectivity index (χ0) is 17.1. The van der Waals surface area contributed by atoms with Crippen LogP contribution in [0.2, 0.25) is 0 Å². The molecule has 24 heavy (non-hydrogen) atoms. The summed E-state index contributed by atoms with van der Waals surface area (Å²) >= 11 is 0. The molecule has 0 bridgehead atoms. The predicted octanol–water partition coefficient (Wildman–Crippen LogP) is 4.26. The Morgan fingerprint density at radius 3 is 2.50 bits per heavy atom. The molecule has 0 unspecified atom stereocenters. The van der Waals surface area contributed by atoms with Crippen molar-refractivity contribution in [3.05, 3.63) is 65.5 Å². The lowest BCUT2D eigenvalue weighted by molar-refractivity contribution is 0.0612. The quantitative estimate of drug-likeness (QED) is 0.841. The van der Waals surface area contributed by atoms with Gasteiger partial charge in [0.15, 0.2) is 0 Å². The molecule has 0 saturated carbocycles. The molecule has 2 aromatic rings. The summed E-state index contributed by atoms with van der Waals surface area (Å²) < 4.78 is 13.2. The number of anilines is 1. The molecule has 0 radical (unpaired) electrons. The van der Waals surface area contributed by atoms with Crippen LogP contribution in [0, 0.1) is 5.82 Å². The van der Waals surface area contributed by atoms with E-state index in [-0.39, 0.29) is 17.8 Å². The molecule has 0 N–H and O–H groups in total. The topological polar surface area (TPSA) is 23.6 Å². The summed E-state index contributed by atoms with van der Waals surface area (Å²) in [6, 6.07) is 14.2. The second-order valence-electron chi connectivity index (χ2n) is 6.47. The zero-order valence-electron chi connectivity index (χ0n) is 14.2. The predicted molar refractivity (Wildman–Crippen MR) is 94.8 cm³/mol. The van der Waals surface area contributed by atoms with Gasteiger partial charge in [0.2, 0.25) is 0 Å². The summed E-state index contributed by atoms with van der Waals surface area (Å²) in [7, 11) is 3.89. The van der Waals surface area contributed by atoms with E-state index in [2.05, 4.69) is 0 Å². The number of hydrogen-bond donors (Lipinski definition) is 0. The molecule has 0 aliphatic carbocycles. The molecule has 1 saturated heterocycles. The van der Waals surface area contributed by atoms with E-state index in [1.54, 1.807) is 12.1 Å². The molecule has 0 spiro atoms. The largest absolute Gasteiger partial charge is 0.377 e. The molecule has 1 heterocycles. The van der Waals surface area contributed by atoms with Crippen molar-refractivity contribution in [1.29, 1.82) is 0 Å². The number of halogens is 1. The van der Waals surface area contributed by atoms with Gasteiger partial charge in [-0.1, -0.05) is 24.3 Å². The van der Waals surface area contributed by atoms with Crippen molar-refractivity contribution in [2.45, 2.75) is 25.3 Å². The van der Waals surface area contributed by atoms with Crippen molar-refractivity contribution in [3.63, 3.8) is 0 Å². The molecule has 1 aliphatic rings. The minimum absolute atomic E-state index is 0.0158. The van der Waals surface area contributed by atoms with Gasteiger partial charge in [0.25, 0.3) is 5.91 Å². The molecule has 1 aliphatic heterocycles. The van der Waals surface area contributed by atoms with Gasteiger partial charge in [-0.25, -0.2) is 4.39 Å². The number of para-hydroxylation sites is 1. The summed E-state index contributed by atoms with van der Waals surface area (Å²) in [5, 5.41) is 0. The van der Waals surface area contributed by atoms with Crippen LogP contribution in [0.25, 0.3) is 0 Å². The Labute approximate surface area is 142 Å². The Morgan fingerprint density at radius 2 is 1.79 bits per heavy atom. The van der Waals surface area contributed by atoms with Crippen LogP contribution >= 0.6 is 0 Å². The lowest BCUT2D eigenvalue weighted by atomic mass is 9.94. The summed E-state index contributed by atoms with van der Waals surface area (Å²) in [6.07, 6.45) is 3.01. The Bertz CT molecular complexity index is 712. The first-order valence-electron chi connectivity index (χ1n) is 8.40. The maximum Gasteiger partial charge on any atom is 0.256 e. The van der Waals surface area contributed by atoms with Crippen LogP contribution in [0.4, 0.5) is 10.1 Å². The Hall–Kier alpha value is -2.36. The van der Waals surface area contributed by atoms with Gasteiger partial charge in [-0.2, -0.15) is 0 Å². The molecule has 3 rings (SSSR count). The smallest absolute Gasteiger partial charge is 0.256 e. The van der Waals surface area contributed by atoms with E-state index in [1.807, 2.05) is 48.2 Å². The Morgan fingerprint density at radius 1 is 1.08 bits per heavy atom. The highest BCUT2D eigenvalue weighted by atomic mass is 19.1. The zero-order valence-corrected chi connectivity index (χ0v) is 14.2. The molecule has 1 amide bonds. The third-order valence-electron chi connectivity index (χ3n) is 4.63. The molecule has 1 fully saturated rings. The van der Waals surface area contributed by atoms with Crippen LogP contribution in [0.1, 0.15) is 41.2 Å². The van der Waals surface area contributed by atoms with E-state index in [9.17, 15) is 9.18 Å². The number of piperidine rings is 1. The van der Waals surface area contributed by atoms with Gasteiger partial charge in [0.1, 0.15) is 5.82 Å². The average molecular weight is 326 g/mol. The maximum atomic E-state index is 13.2. The molecule has 4 heteroatoms. The number of amides is 1. The van der Waals surface area contributed by atoms with Crippen LogP contribution in [-0.4, -0.2) is 31.4 Å². The first-order valence-corrected chi connectivity index (χ1v) is 8.40. The number of nitrogens with zero attached hydrogens (tertiary/aromatic N) is 2. The highest BCUT2D eigenvalue weighted by Gasteiger charge is 2.29. The van der Waals surface area contributed by atoms with E-state index < -0.39 is 0 Å². The number of benzene rings is 2. The van der Waals surface area contributed by atoms with E-state index in [0.717, 1.165) is 42.6 Å². The highest BCUT2D eigenvalue weighted by molar-refractivity contribution is 6.00. The first-order chi connectivity index (χ1) is 11.6. The fraction of sp³-hybridized carbons (Fsp3) is 0.350. The van der Waals surface area contributed by atoms with Gasteiger partial charge in [-0.15, -0.1) is 0 Å². The first kappa shape index (κ1) is 16.5. The third kappa shape index (κ3) is 3.28. The molecule has 2 aromatic carbocycles. The number of carbonyl (C=O) groups excluding carboxylic acids is 1. The number of rotatable bonds is 3. The van der Waals surface area contributed by atoms with Crippen molar-refractivity contribution in [2.75, 3.05) is 25.5 Å². The van der Waals surface area contributed by atoms with Crippen LogP contribution in [0.15, 0.2) is 48.5 Å². The average Bonchev–Trinajstić information content (AvgIpc) is 2.62. The molecule has 3 nitrogen and oxygen atoms in total. The monoisotopic (exact) mass is 326 g/mol. The number of carbonyl (C=O) groups is 1. The van der Waals surface area contributed by atoms with Gasteiger partial charge in [-0.3, -0.25) is 4.79 Å². The number of hydrogen-bond acceptors (Lipinski definition) is 2. The maximum absolute atomic E-state index is 13.2. The summed E-state index contributed by atoms with van der Waals surface area (Å²) in [5.41, 5.74) is 2.65. The van der Waals surface area contributed by atoms with Gasteiger partial charge in [0.05, 0.1) is 11.6 Å². The molecular formula is C20H23FN2O. The molecule has 126 valence electrons. The van der Waals surface area contributed by atoms with Crippen molar-refractivity contribution in [2.24, 2.45) is 0 Å². The van der Waals surface area contributed by atoms with Crippen molar-refractivity contribution >= 4 is 11.6 Å². The molecule has 1 atom stereocenters. The fourth-order valence-electron chi connectivity index (χ4n) is 3.41. The van der Waals surface area contributed by atoms with Gasteiger partial charge in [-0.05, 0) is 49.1 Å². The van der Waals surface area contributed by atoms with Crippen molar-refractivity contribution in [3.8, 4) is 0 Å². The van der Waals surface area contributed by atoms with Crippen LogP contribution in [-0.2, 0) is 0 Å². The van der Waals surface area contributed by atoms with E-state index in [0.29, 0.717) is 0 Å². The minimum Gasteiger partial charge on any atom is -0.377 e. The summed E-state index contributed by atoms with van der Waals surface area (Å²) in [4.78, 5) is 17.1. The molecule has 0 aromatic heterocycles. The summed E-state index contributed by atoms with van der Waals surface area (Å²) in [6.45, 7) is 0.739. The lowest BCUT2D eigenvalue weighted by Crippen LogP contribution is -2.39. The fourth-order valence-corrected chi connectivity index (χ4v) is 3.41. The normalized spacial score (nSPS) is 17.6. The van der Waals surface area contributed by atoms with Gasteiger partial charge < -0.3 is 9.80 Å². The Kier molecular flexibility index (Phi) is 4.84. The highest BCUT2D eigenvalue weighted by Crippen LogP contribution is 2.33. The molecular weight excluding hydrogens is 303 g/mol. The second-order valence-corrected chi connectivity index (χ2v) is 6.47. The van der Waals surface area contributed by atoms with Crippen LogP contribution < -0.4 is 4.90 Å². The van der Waals surface area contributed by atoms with Crippen molar-refractivity contribution in [1.82, 2.24) is 4.90 Å². The van der Waals surface area contributed by atoms with E-state index in [4.69, 9.17) is 0 Å². The summed E-state index contributed by atoms with van der Waals surface area (Å²) in [5.74, 6) is -0.196. The Balaban J connectivity index is 1.93. The minimum atomic E-state index is -0.245. The van der Waals surface area contributed by atoms with Gasteiger partial charge >= 0.3 is 0 Å². The van der Waals surface area contributed by atoms with Crippen LogP contribution in [0.3, 0.4) is 0 Å². The SMILES string of the molecule is CN(C)c1ccccc1C(=O)N1CCCC[C@H]1c1ccc(F)cc1. The van der Waals surface area contributed by atoms with Gasteiger partial charge in [0, 0.05) is 26.3 Å². The second kappa shape index (κ2) is 7.04. The van der Waals surface area contributed by atoms with Crippen LogP contribution in [0.5, 0.6) is 0 Å². The number of likely N-dealkylation sites (tertiary alicyclic amines) is 1. The van der Waals surface area contributed by atoms with E-state index in [1.165, 1.54) is 12.1 Å². The lowest BCUT2D eigenvalue weighted by Gasteiger charge is -2.37. The standard InChI is InChI=1S/C20H23FN2O/c1-22(2)19-9-4-3-7-17(19)20(24)23-14-6-5-8-18(23)15-10-12-16(21)13-11-15/h3-4,7,9-13,18H,5-6,8,14H2,1-2H3/t18-/m0/s1. The van der Waals surface area contributed by atoms with E-state index >= 15 is 0 Å². The van der Waals surface area contributed by atoms with Crippen molar-refractivity contribution < 1.29 is 9.18 Å².